The van der Waals surface area contributed by atoms with Crippen molar-refractivity contribution in [3.05, 3.63) is 57.9 Å². The first-order valence-electron chi connectivity index (χ1n) is 8.01. The van der Waals surface area contributed by atoms with Crippen LogP contribution in [0.1, 0.15) is 49.9 Å². The highest BCUT2D eigenvalue weighted by atomic mass is 16.6. The molecule has 0 saturated heterocycles. The molecule has 0 spiro atoms. The van der Waals surface area contributed by atoms with Gasteiger partial charge in [-0.15, -0.1) is 0 Å². The molecule has 24 heavy (non-hydrogen) atoms. The van der Waals surface area contributed by atoms with Crippen LogP contribution in [0.4, 0.5) is 5.69 Å². The van der Waals surface area contributed by atoms with Crippen LogP contribution in [0, 0.1) is 17.0 Å². The van der Waals surface area contributed by atoms with Crippen LogP contribution in [0.25, 0.3) is 0 Å². The van der Waals surface area contributed by atoms with Crippen molar-refractivity contribution >= 4 is 11.6 Å². The number of nitro groups is 1. The summed E-state index contributed by atoms with van der Waals surface area (Å²) in [5, 5.41) is 17.8. The van der Waals surface area contributed by atoms with E-state index in [9.17, 15) is 14.9 Å². The van der Waals surface area contributed by atoms with Crippen LogP contribution in [0.2, 0.25) is 0 Å². The molecule has 0 aliphatic carbocycles. The number of amides is 1. The number of hydrogen-bond donors (Lipinski definition) is 1. The number of nitrogens with one attached hydrogen (secondary N) is 1. The zero-order chi connectivity index (χ0) is 17.7. The normalized spacial score (nSPS) is 13.3. The number of carbonyl (C=O) groups is 1. The third kappa shape index (κ3) is 3.98. The molecule has 1 amide bonds. The molecule has 0 fully saturated rings. The number of benzene rings is 1. The summed E-state index contributed by atoms with van der Waals surface area (Å²) >= 11 is 0. The van der Waals surface area contributed by atoms with Crippen LogP contribution in [0.3, 0.4) is 0 Å². The minimum absolute atomic E-state index is 0.0994. The first kappa shape index (κ1) is 17.7. The topological polar surface area (TPSA) is 90.1 Å². The van der Waals surface area contributed by atoms with Crippen molar-refractivity contribution in [3.8, 4) is 0 Å². The van der Waals surface area contributed by atoms with Gasteiger partial charge in [-0.05, 0) is 25.3 Å². The molecule has 128 valence electrons. The van der Waals surface area contributed by atoms with E-state index < -0.39 is 11.0 Å². The second-order valence-electron chi connectivity index (χ2n) is 5.74. The van der Waals surface area contributed by atoms with Crippen LogP contribution in [0.5, 0.6) is 0 Å². The summed E-state index contributed by atoms with van der Waals surface area (Å²) in [5.74, 6) is -0.192. The van der Waals surface area contributed by atoms with Crippen LogP contribution in [0.15, 0.2) is 36.7 Å². The van der Waals surface area contributed by atoms with Crippen molar-refractivity contribution < 1.29 is 9.72 Å². The monoisotopic (exact) mass is 330 g/mol. The van der Waals surface area contributed by atoms with Gasteiger partial charge in [0, 0.05) is 0 Å². The first-order valence-corrected chi connectivity index (χ1v) is 8.01. The molecule has 0 radical (unpaired) electrons. The fourth-order valence-electron chi connectivity index (χ4n) is 2.57. The number of rotatable bonds is 7. The van der Waals surface area contributed by atoms with Crippen LogP contribution in [-0.4, -0.2) is 20.6 Å². The highest BCUT2D eigenvalue weighted by Gasteiger charge is 2.24. The average Bonchev–Trinajstić information content (AvgIpc) is 3.04. The molecule has 1 aromatic carbocycles. The van der Waals surface area contributed by atoms with Crippen molar-refractivity contribution in [1.82, 2.24) is 15.1 Å². The van der Waals surface area contributed by atoms with E-state index in [1.54, 1.807) is 0 Å². The number of carbonyl (C=O) groups excluding carboxylic acids is 1. The van der Waals surface area contributed by atoms with Crippen molar-refractivity contribution in [3.63, 3.8) is 0 Å². The molecule has 1 N–H and O–H groups in total. The van der Waals surface area contributed by atoms with Gasteiger partial charge >= 0.3 is 5.69 Å². The summed E-state index contributed by atoms with van der Waals surface area (Å²) in [5.41, 5.74) is 2.08. The second-order valence-corrected chi connectivity index (χ2v) is 5.74. The van der Waals surface area contributed by atoms with Crippen LogP contribution < -0.4 is 5.32 Å². The van der Waals surface area contributed by atoms with Gasteiger partial charge in [-0.1, -0.05) is 43.7 Å². The van der Waals surface area contributed by atoms with Gasteiger partial charge in [0.15, 0.2) is 0 Å². The van der Waals surface area contributed by atoms with E-state index in [1.165, 1.54) is 10.9 Å². The zero-order valence-corrected chi connectivity index (χ0v) is 14.1. The Morgan fingerprint density at radius 3 is 2.46 bits per heavy atom. The van der Waals surface area contributed by atoms with Gasteiger partial charge in [0.1, 0.15) is 18.4 Å². The Labute approximate surface area is 140 Å². The number of hydrogen-bond acceptors (Lipinski definition) is 4. The summed E-state index contributed by atoms with van der Waals surface area (Å²) in [7, 11) is 0. The van der Waals surface area contributed by atoms with Crippen LogP contribution >= 0.6 is 0 Å². The minimum Gasteiger partial charge on any atom is -0.347 e. The maximum Gasteiger partial charge on any atom is 0.307 e. The van der Waals surface area contributed by atoms with Crippen molar-refractivity contribution in [2.24, 2.45) is 0 Å². The molecule has 2 atom stereocenters. The van der Waals surface area contributed by atoms with E-state index >= 15 is 0 Å². The van der Waals surface area contributed by atoms with E-state index in [0.29, 0.717) is 6.42 Å². The third-order valence-electron chi connectivity index (χ3n) is 4.01. The average molecular weight is 330 g/mol. The van der Waals surface area contributed by atoms with Crippen LogP contribution in [-0.2, 0) is 4.79 Å². The van der Waals surface area contributed by atoms with Gasteiger partial charge in [-0.25, -0.2) is 0 Å². The number of aryl methyl sites for hydroxylation is 1. The van der Waals surface area contributed by atoms with E-state index in [0.717, 1.165) is 23.7 Å². The Kier molecular flexibility index (Phi) is 5.68. The Morgan fingerprint density at radius 2 is 1.96 bits per heavy atom. The molecule has 2 aromatic rings. The minimum atomic E-state index is -0.571. The number of nitrogens with zero attached hydrogens (tertiary/aromatic N) is 3. The van der Waals surface area contributed by atoms with E-state index in [1.807, 2.05) is 45.0 Å². The quantitative estimate of drug-likeness (QED) is 0.623. The lowest BCUT2D eigenvalue weighted by atomic mass is 10.0. The largest absolute Gasteiger partial charge is 0.347 e. The molecule has 0 bridgehead atoms. The summed E-state index contributed by atoms with van der Waals surface area (Å²) in [6.07, 6.45) is 3.70. The van der Waals surface area contributed by atoms with Gasteiger partial charge in [0.05, 0.1) is 11.0 Å². The molecule has 0 aliphatic rings. The second kappa shape index (κ2) is 7.72. The van der Waals surface area contributed by atoms with Gasteiger partial charge in [-0.3, -0.25) is 19.6 Å². The summed E-state index contributed by atoms with van der Waals surface area (Å²) in [6, 6.07) is 7.36. The number of aromatic nitrogens is 2. The molecular weight excluding hydrogens is 308 g/mol. The molecule has 7 nitrogen and oxygen atoms in total. The van der Waals surface area contributed by atoms with Gasteiger partial charge in [0.2, 0.25) is 5.91 Å². The van der Waals surface area contributed by atoms with E-state index in [-0.39, 0.29) is 17.6 Å². The molecule has 7 heteroatoms. The summed E-state index contributed by atoms with van der Waals surface area (Å²) in [6.45, 7) is 5.87. The SMILES string of the molecule is CCC(NC(=O)C(CC)n1cc([N+](=O)[O-])cn1)c1ccc(C)cc1. The summed E-state index contributed by atoms with van der Waals surface area (Å²) < 4.78 is 1.36. The molecule has 1 heterocycles. The Morgan fingerprint density at radius 1 is 1.29 bits per heavy atom. The molecule has 0 aliphatic heterocycles. The highest BCUT2D eigenvalue weighted by molar-refractivity contribution is 5.80. The van der Waals surface area contributed by atoms with Crippen molar-refractivity contribution in [1.29, 1.82) is 0 Å². The molecule has 1 aromatic heterocycles. The van der Waals surface area contributed by atoms with Gasteiger partial charge in [-0.2, -0.15) is 5.10 Å². The van der Waals surface area contributed by atoms with E-state index in [2.05, 4.69) is 10.4 Å². The van der Waals surface area contributed by atoms with Gasteiger partial charge < -0.3 is 5.32 Å². The molecule has 2 rings (SSSR count). The lowest BCUT2D eigenvalue weighted by molar-refractivity contribution is -0.385. The molecule has 0 saturated carbocycles. The summed E-state index contributed by atoms with van der Waals surface area (Å²) in [4.78, 5) is 22.9. The maximum atomic E-state index is 12.6. The molecule has 2 unspecified atom stereocenters. The first-order chi connectivity index (χ1) is 11.5. The smallest absolute Gasteiger partial charge is 0.307 e. The highest BCUT2D eigenvalue weighted by Crippen LogP contribution is 2.21. The van der Waals surface area contributed by atoms with Crippen molar-refractivity contribution in [2.75, 3.05) is 0 Å². The third-order valence-corrected chi connectivity index (χ3v) is 4.01. The Balaban J connectivity index is 2.14. The Bertz CT molecular complexity index is 709. The fraction of sp³-hybridized carbons (Fsp3) is 0.412. The lowest BCUT2D eigenvalue weighted by Gasteiger charge is -2.22. The van der Waals surface area contributed by atoms with Crippen molar-refractivity contribution in [2.45, 2.75) is 45.7 Å². The van der Waals surface area contributed by atoms with Gasteiger partial charge in [0.25, 0.3) is 0 Å². The Hall–Kier alpha value is -2.70. The molecular formula is C17H22N4O3. The predicted molar refractivity (Wildman–Crippen MR) is 90.6 cm³/mol. The standard InChI is InChI=1S/C17H22N4O3/c1-4-15(13-8-6-12(3)7-9-13)19-17(22)16(5-2)20-11-14(10-18-20)21(23)24/h6-11,15-16H,4-5H2,1-3H3,(H,19,22). The lowest BCUT2D eigenvalue weighted by Crippen LogP contribution is -2.35. The van der Waals surface area contributed by atoms with E-state index in [4.69, 9.17) is 0 Å². The predicted octanol–water partition coefficient (Wildman–Crippen LogP) is 3.32. The maximum absolute atomic E-state index is 12.6. The zero-order valence-electron chi connectivity index (χ0n) is 14.1. The fourth-order valence-corrected chi connectivity index (χ4v) is 2.57.